The Labute approximate surface area is 244 Å². The van der Waals surface area contributed by atoms with E-state index >= 15 is 0 Å². The molecule has 3 aromatic rings. The lowest BCUT2D eigenvalue weighted by Gasteiger charge is -2.31. The highest BCUT2D eigenvalue weighted by atomic mass is 16.5. The molecule has 0 amide bonds. The fraction of sp³-hybridized carbons (Fsp3) is 0.353. The molecule has 2 heterocycles. The molecule has 0 fully saturated rings. The number of nitrogens with one attached hydrogen (secondary N) is 2. The van der Waals surface area contributed by atoms with Gasteiger partial charge in [-0.05, 0) is 61.8 Å². The molecule has 2 aromatic heterocycles. The van der Waals surface area contributed by atoms with E-state index in [1.165, 1.54) is 0 Å². The topological polar surface area (TPSA) is 109 Å². The van der Waals surface area contributed by atoms with Gasteiger partial charge < -0.3 is 19.4 Å². The van der Waals surface area contributed by atoms with Crippen LogP contribution in [0.2, 0.25) is 0 Å². The summed E-state index contributed by atoms with van der Waals surface area (Å²) >= 11 is 0. The molecule has 9 rings (SSSR count). The van der Waals surface area contributed by atoms with Gasteiger partial charge in [-0.2, -0.15) is 0 Å². The van der Waals surface area contributed by atoms with Crippen molar-refractivity contribution in [1.82, 2.24) is 9.97 Å². The first-order valence-electron chi connectivity index (χ1n) is 15.0. The second kappa shape index (κ2) is 10.7. The van der Waals surface area contributed by atoms with Gasteiger partial charge in [-0.25, -0.2) is 19.6 Å². The minimum absolute atomic E-state index is 0.230. The Kier molecular flexibility index (Phi) is 6.76. The number of carbonyl (C=O) groups is 2. The number of esters is 2. The maximum atomic E-state index is 12.7. The summed E-state index contributed by atoms with van der Waals surface area (Å²) in [4.78, 5) is 41.5. The molecule has 8 heteroatoms. The number of fused-ring (bicyclic) bond motifs is 2. The van der Waals surface area contributed by atoms with E-state index in [1.807, 2.05) is 50.5 Å². The second-order valence-electron chi connectivity index (χ2n) is 11.3. The van der Waals surface area contributed by atoms with Crippen molar-refractivity contribution in [3.8, 4) is 0 Å². The molecule has 2 N–H and O–H groups in total. The third-order valence-corrected chi connectivity index (χ3v) is 8.91. The lowest BCUT2D eigenvalue weighted by Crippen LogP contribution is -2.18. The van der Waals surface area contributed by atoms with Gasteiger partial charge in [-0.15, -0.1) is 0 Å². The number of aliphatic imine (C=N–C) groups is 2. The van der Waals surface area contributed by atoms with Crippen LogP contribution in [0, 0.1) is 0 Å². The molecule has 1 aromatic carbocycles. The number of aromatic amines is 2. The standard InChI is InChI=1S/C34H34N4O4/c1-3-41-33(39)29-25-21-9-13-23(14-10-21)27(25)31(37-29)35-17-19-5-7-20(8-6-19)18-36-32-28-24-15-11-22(12-16-24)26(28)30(38-32)34(40)42-4-2/h5-9,11,13,15,17-18,21-24,37-38H,3-4,10,12,14,16H2,1-2H3/b35-17+,36-18+. The molecule has 6 aliphatic rings. The minimum Gasteiger partial charge on any atom is -0.461 e. The van der Waals surface area contributed by atoms with Gasteiger partial charge in [-0.1, -0.05) is 48.6 Å². The number of ether oxygens (including phenoxy) is 2. The first-order valence-corrected chi connectivity index (χ1v) is 15.0. The van der Waals surface area contributed by atoms with Crippen molar-refractivity contribution >= 4 is 36.0 Å². The van der Waals surface area contributed by atoms with Crippen LogP contribution in [0.15, 0.2) is 58.6 Å². The van der Waals surface area contributed by atoms with Gasteiger partial charge in [0.05, 0.1) is 13.2 Å². The predicted octanol–water partition coefficient (Wildman–Crippen LogP) is 7.26. The number of H-pyrrole nitrogens is 2. The number of aromatic nitrogens is 2. The zero-order valence-electron chi connectivity index (χ0n) is 23.9. The quantitative estimate of drug-likeness (QED) is 0.171. The predicted molar refractivity (Wildman–Crippen MR) is 162 cm³/mol. The summed E-state index contributed by atoms with van der Waals surface area (Å²) in [6.07, 6.45) is 16.8. The maximum absolute atomic E-state index is 12.7. The van der Waals surface area contributed by atoms with E-state index < -0.39 is 0 Å². The normalized spacial score (nSPS) is 23.1. The van der Waals surface area contributed by atoms with E-state index in [4.69, 9.17) is 19.5 Å². The Morgan fingerprint density at radius 1 is 0.667 bits per heavy atom. The van der Waals surface area contributed by atoms with Crippen LogP contribution in [0.25, 0.3) is 0 Å². The Hall–Kier alpha value is -4.46. The van der Waals surface area contributed by atoms with E-state index in [-0.39, 0.29) is 35.6 Å². The van der Waals surface area contributed by atoms with Crippen LogP contribution in [-0.4, -0.2) is 47.5 Å². The number of rotatable bonds is 8. The van der Waals surface area contributed by atoms with Crippen molar-refractivity contribution in [3.05, 3.63) is 93.3 Å². The summed E-state index contributed by atoms with van der Waals surface area (Å²) in [5, 5.41) is 0. The van der Waals surface area contributed by atoms with Crippen molar-refractivity contribution in [2.45, 2.75) is 63.2 Å². The highest BCUT2D eigenvalue weighted by Crippen LogP contribution is 2.51. The summed E-state index contributed by atoms with van der Waals surface area (Å²) < 4.78 is 10.7. The molecule has 0 saturated heterocycles. The van der Waals surface area contributed by atoms with Gasteiger partial charge in [-0.3, -0.25) is 0 Å². The lowest BCUT2D eigenvalue weighted by atomic mass is 9.72. The van der Waals surface area contributed by atoms with Gasteiger partial charge in [0.1, 0.15) is 23.0 Å². The largest absolute Gasteiger partial charge is 0.461 e. The smallest absolute Gasteiger partial charge is 0.355 e. The number of hydrogen-bond donors (Lipinski definition) is 2. The Bertz CT molecular complexity index is 1550. The number of carbonyl (C=O) groups excluding carboxylic acids is 2. The molecule has 214 valence electrons. The van der Waals surface area contributed by atoms with Crippen LogP contribution in [0.4, 0.5) is 11.6 Å². The summed E-state index contributed by atoms with van der Waals surface area (Å²) in [6.45, 7) is 4.31. The number of hydrogen-bond acceptors (Lipinski definition) is 6. The fourth-order valence-corrected chi connectivity index (χ4v) is 7.03. The fourth-order valence-electron chi connectivity index (χ4n) is 7.03. The molecule has 6 aliphatic carbocycles. The third-order valence-electron chi connectivity index (χ3n) is 8.91. The third kappa shape index (κ3) is 4.46. The molecule has 0 radical (unpaired) electrons. The zero-order chi connectivity index (χ0) is 28.8. The van der Waals surface area contributed by atoms with Crippen molar-refractivity contribution in [1.29, 1.82) is 0 Å². The van der Waals surface area contributed by atoms with Crippen LogP contribution in [0.5, 0.6) is 0 Å². The molecule has 4 unspecified atom stereocenters. The van der Waals surface area contributed by atoms with Crippen LogP contribution >= 0.6 is 0 Å². The SMILES string of the molecule is CCOC(=O)c1[nH]c(/N=C/c2ccc(/C=N/c3[nH]c(C(=O)OCC)c4c3C3C=CC4CC3)cc2)c2c1C1C=CC2CC1. The van der Waals surface area contributed by atoms with Gasteiger partial charge in [0, 0.05) is 47.2 Å². The first-order chi connectivity index (χ1) is 20.6. The van der Waals surface area contributed by atoms with E-state index in [1.54, 1.807) is 0 Å². The van der Waals surface area contributed by atoms with Crippen LogP contribution in [0.1, 0.15) is 118 Å². The summed E-state index contributed by atoms with van der Waals surface area (Å²) in [6, 6.07) is 7.99. The molecular weight excluding hydrogens is 528 g/mol. The second-order valence-corrected chi connectivity index (χ2v) is 11.3. The van der Waals surface area contributed by atoms with Crippen molar-refractivity contribution in [2.24, 2.45) is 9.98 Å². The van der Waals surface area contributed by atoms with Crippen LogP contribution in [0.3, 0.4) is 0 Å². The molecule has 0 saturated carbocycles. The highest BCUT2D eigenvalue weighted by molar-refractivity contribution is 5.94. The Morgan fingerprint density at radius 3 is 1.36 bits per heavy atom. The first kappa shape index (κ1) is 26.4. The van der Waals surface area contributed by atoms with E-state index in [2.05, 4.69) is 34.3 Å². The molecular formula is C34H34N4O4. The Morgan fingerprint density at radius 2 is 1.02 bits per heavy atom. The summed E-state index contributed by atoms with van der Waals surface area (Å²) in [5.41, 5.74) is 7.29. The molecule has 8 nitrogen and oxygen atoms in total. The summed E-state index contributed by atoms with van der Waals surface area (Å²) in [7, 11) is 0. The lowest BCUT2D eigenvalue weighted by molar-refractivity contribution is 0.0509. The summed E-state index contributed by atoms with van der Waals surface area (Å²) in [5.74, 6) is 1.82. The van der Waals surface area contributed by atoms with Gasteiger partial charge in [0.2, 0.25) is 0 Å². The number of nitrogens with zero attached hydrogens (tertiary/aromatic N) is 2. The minimum atomic E-state index is -0.318. The zero-order valence-corrected chi connectivity index (χ0v) is 23.9. The monoisotopic (exact) mass is 562 g/mol. The molecule has 4 atom stereocenters. The van der Waals surface area contributed by atoms with E-state index in [9.17, 15) is 9.59 Å². The van der Waals surface area contributed by atoms with Crippen LogP contribution in [-0.2, 0) is 9.47 Å². The molecule has 0 spiro atoms. The average molecular weight is 563 g/mol. The molecule has 4 bridgehead atoms. The molecule has 42 heavy (non-hydrogen) atoms. The average Bonchev–Trinajstić information content (AvgIpc) is 3.63. The van der Waals surface area contributed by atoms with Crippen LogP contribution < -0.4 is 0 Å². The number of allylic oxidation sites excluding steroid dienone is 4. The van der Waals surface area contributed by atoms with Crippen molar-refractivity contribution < 1.29 is 19.1 Å². The number of benzene rings is 1. The van der Waals surface area contributed by atoms with Crippen molar-refractivity contribution in [2.75, 3.05) is 13.2 Å². The van der Waals surface area contributed by atoms with Gasteiger partial charge in [0.25, 0.3) is 0 Å². The van der Waals surface area contributed by atoms with E-state index in [0.717, 1.165) is 70.7 Å². The maximum Gasteiger partial charge on any atom is 0.355 e. The van der Waals surface area contributed by atoms with Gasteiger partial charge >= 0.3 is 11.9 Å². The highest BCUT2D eigenvalue weighted by Gasteiger charge is 2.38. The van der Waals surface area contributed by atoms with E-state index in [0.29, 0.717) is 24.6 Å². The van der Waals surface area contributed by atoms with Crippen molar-refractivity contribution in [3.63, 3.8) is 0 Å². The van der Waals surface area contributed by atoms with Gasteiger partial charge in [0.15, 0.2) is 0 Å². The Balaban J connectivity index is 1.13. The molecule has 0 aliphatic heterocycles.